The normalized spacial score (nSPS) is 9.93. The highest BCUT2D eigenvalue weighted by molar-refractivity contribution is 5.94. The van der Waals surface area contributed by atoms with Crippen LogP contribution in [0.2, 0.25) is 0 Å². The maximum Gasteiger partial charge on any atom is 0.294 e. The number of rotatable bonds is 3. The van der Waals surface area contributed by atoms with Crippen LogP contribution in [0.3, 0.4) is 0 Å². The van der Waals surface area contributed by atoms with Gasteiger partial charge in [-0.2, -0.15) is 0 Å². The highest BCUT2D eigenvalue weighted by atomic mass is 16.7. The number of hydrogen-bond donors (Lipinski definition) is 3. The SMILES string of the molecule is CCc1ccccc1C(=O)N(O)NO. The molecule has 0 aliphatic rings. The molecule has 0 unspecified atom stereocenters. The molecule has 76 valence electrons. The Hall–Kier alpha value is -1.43. The highest BCUT2D eigenvalue weighted by Crippen LogP contribution is 2.10. The lowest BCUT2D eigenvalue weighted by molar-refractivity contribution is -0.176. The third kappa shape index (κ3) is 2.08. The van der Waals surface area contributed by atoms with Gasteiger partial charge in [-0.05, 0) is 18.1 Å². The molecular formula is C9H12N2O3. The largest absolute Gasteiger partial charge is 0.295 e. The first kappa shape index (κ1) is 10.6. The summed E-state index contributed by atoms with van der Waals surface area (Å²) >= 11 is 0. The summed E-state index contributed by atoms with van der Waals surface area (Å²) in [5, 5.41) is 17.3. The van der Waals surface area contributed by atoms with E-state index >= 15 is 0 Å². The molecule has 14 heavy (non-hydrogen) atoms. The van der Waals surface area contributed by atoms with E-state index in [1.165, 1.54) is 5.59 Å². The van der Waals surface area contributed by atoms with Gasteiger partial charge < -0.3 is 0 Å². The Morgan fingerprint density at radius 1 is 1.50 bits per heavy atom. The Morgan fingerprint density at radius 2 is 2.14 bits per heavy atom. The minimum Gasteiger partial charge on any atom is -0.295 e. The molecule has 1 amide bonds. The molecule has 0 fully saturated rings. The third-order valence-corrected chi connectivity index (χ3v) is 1.92. The minimum absolute atomic E-state index is 0.0362. The Labute approximate surface area is 81.5 Å². The predicted octanol–water partition coefficient (Wildman–Crippen LogP) is 0.974. The van der Waals surface area contributed by atoms with Crippen molar-refractivity contribution in [2.75, 3.05) is 0 Å². The maximum absolute atomic E-state index is 11.4. The van der Waals surface area contributed by atoms with Crippen LogP contribution in [0.4, 0.5) is 0 Å². The summed E-state index contributed by atoms with van der Waals surface area (Å²) in [6.45, 7) is 1.90. The summed E-state index contributed by atoms with van der Waals surface area (Å²) in [6.07, 6.45) is 0.682. The second-order valence-corrected chi connectivity index (χ2v) is 2.73. The Balaban J connectivity index is 3.00. The van der Waals surface area contributed by atoms with Gasteiger partial charge in [0.2, 0.25) is 0 Å². The number of amides is 1. The molecule has 1 rings (SSSR count). The molecule has 1 aromatic rings. The number of benzene rings is 1. The maximum atomic E-state index is 11.4. The van der Waals surface area contributed by atoms with Crippen LogP contribution in [0.5, 0.6) is 0 Å². The molecule has 5 nitrogen and oxygen atoms in total. The average Bonchev–Trinajstić information content (AvgIpc) is 2.26. The van der Waals surface area contributed by atoms with Crippen LogP contribution >= 0.6 is 0 Å². The van der Waals surface area contributed by atoms with Crippen molar-refractivity contribution in [1.82, 2.24) is 10.8 Å². The minimum atomic E-state index is -0.690. The first-order chi connectivity index (χ1) is 6.70. The van der Waals surface area contributed by atoms with E-state index in [0.717, 1.165) is 5.56 Å². The summed E-state index contributed by atoms with van der Waals surface area (Å²) in [7, 11) is 0. The molecule has 0 saturated heterocycles. The van der Waals surface area contributed by atoms with Crippen molar-refractivity contribution in [3.8, 4) is 0 Å². The summed E-state index contributed by atoms with van der Waals surface area (Å²) in [6, 6.07) is 6.88. The fourth-order valence-electron chi connectivity index (χ4n) is 1.20. The number of nitrogens with zero attached hydrogens (tertiary/aromatic N) is 1. The van der Waals surface area contributed by atoms with E-state index in [0.29, 0.717) is 12.0 Å². The highest BCUT2D eigenvalue weighted by Gasteiger charge is 2.15. The number of hydrogen-bond acceptors (Lipinski definition) is 4. The molecule has 0 heterocycles. The van der Waals surface area contributed by atoms with E-state index in [2.05, 4.69) is 0 Å². The van der Waals surface area contributed by atoms with Gasteiger partial charge in [0, 0.05) is 5.56 Å². The Bertz CT molecular complexity index is 328. The molecule has 0 bridgehead atoms. The number of carbonyl (C=O) groups is 1. The molecule has 5 heteroatoms. The first-order valence-corrected chi connectivity index (χ1v) is 4.21. The van der Waals surface area contributed by atoms with E-state index in [1.807, 2.05) is 13.0 Å². The average molecular weight is 196 g/mol. The van der Waals surface area contributed by atoms with Crippen molar-refractivity contribution in [2.24, 2.45) is 0 Å². The zero-order chi connectivity index (χ0) is 10.6. The zero-order valence-corrected chi connectivity index (χ0v) is 7.77. The number of carbonyl (C=O) groups excluding carboxylic acids is 1. The van der Waals surface area contributed by atoms with Crippen molar-refractivity contribution in [3.63, 3.8) is 0 Å². The quantitative estimate of drug-likeness (QED) is 0.497. The van der Waals surface area contributed by atoms with Gasteiger partial charge in [-0.15, -0.1) is 5.17 Å². The topological polar surface area (TPSA) is 72.8 Å². The van der Waals surface area contributed by atoms with Crippen molar-refractivity contribution < 1.29 is 15.2 Å². The molecule has 0 spiro atoms. The lowest BCUT2D eigenvalue weighted by Crippen LogP contribution is -2.38. The van der Waals surface area contributed by atoms with E-state index < -0.39 is 5.91 Å². The zero-order valence-electron chi connectivity index (χ0n) is 7.77. The molecule has 1 aromatic carbocycles. The van der Waals surface area contributed by atoms with Crippen molar-refractivity contribution in [1.29, 1.82) is 0 Å². The summed E-state index contributed by atoms with van der Waals surface area (Å²) in [5.41, 5.74) is 2.53. The fraction of sp³-hybridized carbons (Fsp3) is 0.222. The summed E-state index contributed by atoms with van der Waals surface area (Å²) in [5.74, 6) is -0.690. The second-order valence-electron chi connectivity index (χ2n) is 2.73. The third-order valence-electron chi connectivity index (χ3n) is 1.92. The number of nitrogens with one attached hydrogen (secondary N) is 1. The standard InChI is InChI=1S/C9H12N2O3/c1-2-7-5-3-4-6-8(7)9(12)11(14)10-13/h3-6,10,13-14H,2H2,1H3. The molecule has 0 radical (unpaired) electrons. The molecule has 0 aliphatic carbocycles. The molecule has 3 N–H and O–H groups in total. The second kappa shape index (κ2) is 4.71. The monoisotopic (exact) mass is 196 g/mol. The Kier molecular flexibility index (Phi) is 3.58. The molecular weight excluding hydrogens is 184 g/mol. The van der Waals surface area contributed by atoms with Crippen molar-refractivity contribution >= 4 is 5.91 Å². The van der Waals surface area contributed by atoms with E-state index in [-0.39, 0.29) is 5.17 Å². The molecule has 0 aromatic heterocycles. The van der Waals surface area contributed by atoms with E-state index in [1.54, 1.807) is 18.2 Å². The molecule has 0 saturated carbocycles. The van der Waals surface area contributed by atoms with Crippen LogP contribution in [0, 0.1) is 0 Å². The summed E-state index contributed by atoms with van der Waals surface area (Å²) < 4.78 is 0. The smallest absolute Gasteiger partial charge is 0.294 e. The van der Waals surface area contributed by atoms with Gasteiger partial charge in [0.05, 0.1) is 0 Å². The number of hydroxylamine groups is 1. The summed E-state index contributed by atoms with van der Waals surface area (Å²) in [4.78, 5) is 11.4. The van der Waals surface area contributed by atoms with Gasteiger partial charge in [0.15, 0.2) is 0 Å². The van der Waals surface area contributed by atoms with Crippen LogP contribution in [0.1, 0.15) is 22.8 Å². The Morgan fingerprint density at radius 3 is 2.71 bits per heavy atom. The lowest BCUT2D eigenvalue weighted by Gasteiger charge is -2.13. The van der Waals surface area contributed by atoms with Crippen molar-refractivity contribution in [3.05, 3.63) is 35.4 Å². The number of aryl methyl sites for hydroxylation is 1. The van der Waals surface area contributed by atoms with Gasteiger partial charge in [-0.1, -0.05) is 30.7 Å². The fourth-order valence-corrected chi connectivity index (χ4v) is 1.20. The number of hydrazine groups is 1. The van der Waals surface area contributed by atoms with Gasteiger partial charge >= 0.3 is 0 Å². The molecule has 0 aliphatic heterocycles. The van der Waals surface area contributed by atoms with Crippen LogP contribution in [0.15, 0.2) is 24.3 Å². The van der Waals surface area contributed by atoms with Crippen LogP contribution in [0.25, 0.3) is 0 Å². The predicted molar refractivity (Wildman–Crippen MR) is 48.7 cm³/mol. The van der Waals surface area contributed by atoms with Gasteiger partial charge in [-0.25, -0.2) is 0 Å². The van der Waals surface area contributed by atoms with Gasteiger partial charge in [-0.3, -0.25) is 15.2 Å². The van der Waals surface area contributed by atoms with Crippen molar-refractivity contribution in [2.45, 2.75) is 13.3 Å². The van der Waals surface area contributed by atoms with E-state index in [9.17, 15) is 4.79 Å². The molecule has 0 atom stereocenters. The van der Waals surface area contributed by atoms with Crippen LogP contribution in [-0.4, -0.2) is 21.5 Å². The van der Waals surface area contributed by atoms with E-state index in [4.69, 9.17) is 10.4 Å². The first-order valence-electron chi connectivity index (χ1n) is 4.21. The van der Waals surface area contributed by atoms with Gasteiger partial charge in [0.1, 0.15) is 0 Å². The van der Waals surface area contributed by atoms with Crippen LogP contribution < -0.4 is 5.59 Å². The van der Waals surface area contributed by atoms with Crippen LogP contribution in [-0.2, 0) is 6.42 Å². The van der Waals surface area contributed by atoms with Gasteiger partial charge in [0.25, 0.3) is 5.91 Å². The lowest BCUT2D eigenvalue weighted by atomic mass is 10.1.